The molecule has 0 bridgehead atoms. The van der Waals surface area contributed by atoms with E-state index >= 15 is 0 Å². The molecule has 0 aliphatic rings. The van der Waals surface area contributed by atoms with Crippen molar-refractivity contribution in [3.05, 3.63) is 18.8 Å². The lowest BCUT2D eigenvalue weighted by molar-refractivity contribution is 0.150. The summed E-state index contributed by atoms with van der Waals surface area (Å²) in [5.41, 5.74) is 0. The van der Waals surface area contributed by atoms with Crippen LogP contribution in [0.3, 0.4) is 0 Å². The highest BCUT2D eigenvalue weighted by Crippen LogP contribution is 2.15. The van der Waals surface area contributed by atoms with E-state index in [1.54, 1.807) is 0 Å². The Morgan fingerprint density at radius 2 is 1.71 bits per heavy atom. The van der Waals surface area contributed by atoms with E-state index in [1.807, 2.05) is 6.08 Å². The van der Waals surface area contributed by atoms with Gasteiger partial charge in [-0.3, -0.25) is 0 Å². The zero-order chi connectivity index (χ0) is 10.6. The van der Waals surface area contributed by atoms with E-state index in [0.717, 1.165) is 19.1 Å². The van der Waals surface area contributed by atoms with Crippen molar-refractivity contribution in [2.75, 3.05) is 6.61 Å². The summed E-state index contributed by atoms with van der Waals surface area (Å²) in [5, 5.41) is 0. The lowest BCUT2D eigenvalue weighted by atomic mass is 10.1. The van der Waals surface area contributed by atoms with Gasteiger partial charge in [-0.15, -0.1) is 6.58 Å². The topological polar surface area (TPSA) is 9.23 Å². The van der Waals surface area contributed by atoms with Crippen LogP contribution >= 0.6 is 0 Å². The number of hydrogen-bond acceptors (Lipinski definition) is 1. The lowest BCUT2D eigenvalue weighted by Crippen LogP contribution is -2.02. The molecule has 1 heteroatoms. The Labute approximate surface area is 89.5 Å². The molecule has 1 nitrogen and oxygen atoms in total. The van der Waals surface area contributed by atoms with E-state index in [4.69, 9.17) is 4.74 Å². The normalized spacial score (nSPS) is 10.8. The Hall–Kier alpha value is -0.300. The van der Waals surface area contributed by atoms with Crippen molar-refractivity contribution in [3.63, 3.8) is 0 Å². The summed E-state index contributed by atoms with van der Waals surface area (Å²) in [5.74, 6) is 0. The first-order chi connectivity index (χ1) is 6.85. The van der Waals surface area contributed by atoms with Gasteiger partial charge >= 0.3 is 0 Å². The molecule has 0 aliphatic carbocycles. The third kappa shape index (κ3) is 8.31. The summed E-state index contributed by atoms with van der Waals surface area (Å²) in [4.78, 5) is 0. The van der Waals surface area contributed by atoms with Crippen molar-refractivity contribution >= 4 is 0 Å². The molecule has 0 rings (SSSR count). The summed E-state index contributed by atoms with van der Waals surface area (Å²) in [6, 6.07) is 0. The van der Waals surface area contributed by atoms with Crippen LogP contribution in [-0.2, 0) is 4.74 Å². The molecule has 14 heavy (non-hydrogen) atoms. The lowest BCUT2D eigenvalue weighted by Gasteiger charge is -2.11. The minimum atomic E-state index is 0.862. The van der Waals surface area contributed by atoms with Crippen molar-refractivity contribution in [1.82, 2.24) is 0 Å². The largest absolute Gasteiger partial charge is 0.368 e. The first kappa shape index (κ1) is 13.7. The Balaban J connectivity index is 3.33. The molecule has 1 radical (unpaired) electrons. The van der Waals surface area contributed by atoms with E-state index in [0.29, 0.717) is 0 Å². The zero-order valence-electron chi connectivity index (χ0n) is 9.85. The quantitative estimate of drug-likeness (QED) is 0.469. The molecule has 0 fully saturated rings. The van der Waals surface area contributed by atoms with Crippen LogP contribution in [0.25, 0.3) is 0 Å². The van der Waals surface area contributed by atoms with Gasteiger partial charge in [0.05, 0.1) is 0 Å². The second-order valence-electron chi connectivity index (χ2n) is 3.68. The molecule has 0 spiro atoms. The first-order valence-electron chi connectivity index (χ1n) is 5.96. The number of hydrogen-bond donors (Lipinski definition) is 0. The third-order valence-corrected chi connectivity index (χ3v) is 2.29. The summed E-state index contributed by atoms with van der Waals surface area (Å²) < 4.78 is 5.64. The Kier molecular flexibility index (Phi) is 10.5. The van der Waals surface area contributed by atoms with Crippen molar-refractivity contribution < 1.29 is 4.74 Å². The maximum Gasteiger partial charge on any atom is 0.118 e. The van der Waals surface area contributed by atoms with Crippen LogP contribution < -0.4 is 0 Å². The maximum atomic E-state index is 5.64. The summed E-state index contributed by atoms with van der Waals surface area (Å²) >= 11 is 0. The van der Waals surface area contributed by atoms with Crippen LogP contribution in [0.5, 0.6) is 0 Å². The molecular weight excluding hydrogens is 172 g/mol. The molecule has 0 N–H and O–H groups in total. The standard InChI is InChI=1S/C13H25O/c1-4-7-9-11-13(6-3)14-12-10-8-5-2/h6H,3-5,7-12H2,1-2H3. The van der Waals surface area contributed by atoms with Crippen LogP contribution in [0.15, 0.2) is 12.7 Å². The zero-order valence-corrected chi connectivity index (χ0v) is 9.85. The van der Waals surface area contributed by atoms with Crippen molar-refractivity contribution in [2.45, 2.75) is 58.8 Å². The van der Waals surface area contributed by atoms with Gasteiger partial charge in [-0.1, -0.05) is 52.0 Å². The summed E-state index contributed by atoms with van der Waals surface area (Å²) in [6.45, 7) is 9.06. The van der Waals surface area contributed by atoms with Crippen molar-refractivity contribution in [3.8, 4) is 0 Å². The fraction of sp³-hybridized carbons (Fsp3) is 0.769. The monoisotopic (exact) mass is 197 g/mol. The molecule has 0 aromatic carbocycles. The number of rotatable bonds is 10. The summed E-state index contributed by atoms with van der Waals surface area (Å²) in [6.07, 6.45) is 11.5. The molecule has 0 saturated carbocycles. The Morgan fingerprint density at radius 1 is 1.07 bits per heavy atom. The van der Waals surface area contributed by atoms with E-state index in [2.05, 4.69) is 20.4 Å². The van der Waals surface area contributed by atoms with E-state index in [1.165, 1.54) is 38.5 Å². The first-order valence-corrected chi connectivity index (χ1v) is 5.96. The fourth-order valence-corrected chi connectivity index (χ4v) is 1.34. The average molecular weight is 197 g/mol. The maximum absolute atomic E-state index is 5.64. The second kappa shape index (κ2) is 10.8. The van der Waals surface area contributed by atoms with Gasteiger partial charge in [0.15, 0.2) is 0 Å². The van der Waals surface area contributed by atoms with Gasteiger partial charge in [0.2, 0.25) is 0 Å². The smallest absolute Gasteiger partial charge is 0.118 e. The highest BCUT2D eigenvalue weighted by atomic mass is 16.5. The van der Waals surface area contributed by atoms with Crippen LogP contribution in [0.1, 0.15) is 58.8 Å². The Bertz CT molecular complexity index is 120. The van der Waals surface area contributed by atoms with Gasteiger partial charge in [0.1, 0.15) is 6.10 Å². The fourth-order valence-electron chi connectivity index (χ4n) is 1.34. The summed E-state index contributed by atoms with van der Waals surface area (Å²) in [7, 11) is 0. The van der Waals surface area contributed by atoms with E-state index in [-0.39, 0.29) is 0 Å². The third-order valence-electron chi connectivity index (χ3n) is 2.29. The van der Waals surface area contributed by atoms with E-state index < -0.39 is 0 Å². The van der Waals surface area contributed by atoms with Gasteiger partial charge in [0.25, 0.3) is 0 Å². The predicted octanol–water partition coefficient (Wildman–Crippen LogP) is 4.49. The van der Waals surface area contributed by atoms with Gasteiger partial charge in [-0.2, -0.15) is 0 Å². The molecule has 0 unspecified atom stereocenters. The minimum absolute atomic E-state index is 0.862. The van der Waals surface area contributed by atoms with Gasteiger partial charge in [-0.05, 0) is 12.8 Å². The molecule has 0 aliphatic heterocycles. The predicted molar refractivity (Wildman–Crippen MR) is 63.1 cm³/mol. The van der Waals surface area contributed by atoms with Gasteiger partial charge in [-0.25, -0.2) is 0 Å². The Morgan fingerprint density at radius 3 is 2.29 bits per heavy atom. The number of unbranched alkanes of at least 4 members (excludes halogenated alkanes) is 4. The number of ether oxygens (including phenoxy) is 1. The molecule has 0 saturated heterocycles. The molecule has 0 aromatic heterocycles. The second-order valence-corrected chi connectivity index (χ2v) is 3.68. The highest BCUT2D eigenvalue weighted by molar-refractivity contribution is 4.97. The van der Waals surface area contributed by atoms with Crippen LogP contribution in [0, 0.1) is 6.10 Å². The molecule has 0 atom stereocenters. The molecule has 0 aromatic rings. The van der Waals surface area contributed by atoms with Crippen LogP contribution in [-0.4, -0.2) is 6.61 Å². The average Bonchev–Trinajstić information content (AvgIpc) is 2.22. The van der Waals surface area contributed by atoms with Crippen molar-refractivity contribution in [1.29, 1.82) is 0 Å². The van der Waals surface area contributed by atoms with Gasteiger partial charge in [0, 0.05) is 6.61 Å². The molecule has 83 valence electrons. The molecular formula is C13H25O. The SMILES string of the molecule is C=C[C](CCCCC)OCCCCC. The van der Waals surface area contributed by atoms with Crippen LogP contribution in [0.2, 0.25) is 0 Å². The van der Waals surface area contributed by atoms with Crippen molar-refractivity contribution in [2.24, 2.45) is 0 Å². The van der Waals surface area contributed by atoms with E-state index in [9.17, 15) is 0 Å². The van der Waals surface area contributed by atoms with Crippen LogP contribution in [0.4, 0.5) is 0 Å². The minimum Gasteiger partial charge on any atom is -0.368 e. The highest BCUT2D eigenvalue weighted by Gasteiger charge is 2.04. The van der Waals surface area contributed by atoms with Gasteiger partial charge < -0.3 is 4.74 Å². The molecule has 0 amide bonds. The molecule has 0 heterocycles.